The lowest BCUT2D eigenvalue weighted by atomic mass is 10.3. The Labute approximate surface area is 132 Å². The van der Waals surface area contributed by atoms with E-state index in [4.69, 9.17) is 23.2 Å². The Morgan fingerprint density at radius 1 is 1.00 bits per heavy atom. The predicted molar refractivity (Wildman–Crippen MR) is 85.1 cm³/mol. The molecule has 0 aliphatic heterocycles. The highest BCUT2D eigenvalue weighted by Crippen LogP contribution is 2.25. The van der Waals surface area contributed by atoms with Gasteiger partial charge in [-0.15, -0.1) is 0 Å². The topological polar surface area (TPSA) is 42.7 Å². The summed E-state index contributed by atoms with van der Waals surface area (Å²) in [6.07, 6.45) is 1.73. The molecule has 3 aromatic rings. The quantitative estimate of drug-likeness (QED) is 0.784. The lowest BCUT2D eigenvalue weighted by Gasteiger charge is -2.05. The highest BCUT2D eigenvalue weighted by Gasteiger charge is 2.03. The third kappa shape index (κ3) is 3.35. The molecule has 0 saturated carbocycles. The molecule has 21 heavy (non-hydrogen) atoms. The maximum atomic E-state index is 5.98. The highest BCUT2D eigenvalue weighted by molar-refractivity contribution is 6.42. The Bertz CT molecular complexity index is 740. The molecule has 106 valence electrons. The van der Waals surface area contributed by atoms with Crippen molar-refractivity contribution in [3.8, 4) is 5.69 Å². The normalized spacial score (nSPS) is 10.6. The molecule has 2 aromatic carbocycles. The molecular weight excluding hydrogens is 307 g/mol. The molecule has 1 heterocycles. The van der Waals surface area contributed by atoms with Gasteiger partial charge in [-0.2, -0.15) is 15.0 Å². The number of aromatic nitrogens is 3. The van der Waals surface area contributed by atoms with Gasteiger partial charge >= 0.3 is 0 Å². The van der Waals surface area contributed by atoms with Gasteiger partial charge in [-0.25, -0.2) is 0 Å². The van der Waals surface area contributed by atoms with Gasteiger partial charge in [-0.05, 0) is 30.3 Å². The van der Waals surface area contributed by atoms with E-state index in [2.05, 4.69) is 15.5 Å². The van der Waals surface area contributed by atoms with Crippen LogP contribution in [-0.4, -0.2) is 15.0 Å². The van der Waals surface area contributed by atoms with Gasteiger partial charge in [0, 0.05) is 5.69 Å². The van der Waals surface area contributed by atoms with Gasteiger partial charge in [-0.1, -0.05) is 41.4 Å². The number of benzene rings is 2. The smallest absolute Gasteiger partial charge is 0.102 e. The summed E-state index contributed by atoms with van der Waals surface area (Å²) < 4.78 is 0. The minimum absolute atomic E-state index is 0.523. The first-order chi connectivity index (χ1) is 10.2. The van der Waals surface area contributed by atoms with Crippen LogP contribution in [0.25, 0.3) is 5.69 Å². The monoisotopic (exact) mass is 318 g/mol. The minimum Gasteiger partial charge on any atom is -0.379 e. The summed E-state index contributed by atoms with van der Waals surface area (Å²) in [5.74, 6) is 0. The van der Waals surface area contributed by atoms with Crippen LogP contribution < -0.4 is 5.32 Å². The van der Waals surface area contributed by atoms with Crippen LogP contribution in [0.3, 0.4) is 0 Å². The first-order valence-corrected chi connectivity index (χ1v) is 7.13. The van der Waals surface area contributed by atoms with E-state index in [1.807, 2.05) is 36.4 Å². The van der Waals surface area contributed by atoms with Gasteiger partial charge in [0.25, 0.3) is 0 Å². The summed E-state index contributed by atoms with van der Waals surface area (Å²) >= 11 is 11.9. The summed E-state index contributed by atoms with van der Waals surface area (Å²) in [6, 6.07) is 15.2. The number of anilines is 1. The zero-order valence-corrected chi connectivity index (χ0v) is 12.5. The van der Waals surface area contributed by atoms with Crippen LogP contribution in [0.5, 0.6) is 0 Å². The summed E-state index contributed by atoms with van der Waals surface area (Å²) in [5.41, 5.74) is 2.65. The average molecular weight is 319 g/mol. The van der Waals surface area contributed by atoms with Crippen molar-refractivity contribution in [2.24, 2.45) is 0 Å². The third-order valence-electron chi connectivity index (χ3n) is 2.92. The first kappa shape index (κ1) is 13.9. The molecule has 0 radical (unpaired) electrons. The van der Waals surface area contributed by atoms with Crippen molar-refractivity contribution in [3.05, 3.63) is 70.5 Å². The molecule has 0 aliphatic rings. The van der Waals surface area contributed by atoms with E-state index >= 15 is 0 Å². The second-order valence-corrected chi connectivity index (χ2v) is 5.26. The number of nitrogens with zero attached hydrogens (tertiary/aromatic N) is 3. The van der Waals surface area contributed by atoms with E-state index in [0.717, 1.165) is 17.1 Å². The van der Waals surface area contributed by atoms with E-state index in [9.17, 15) is 0 Å². The first-order valence-electron chi connectivity index (χ1n) is 6.38. The van der Waals surface area contributed by atoms with Crippen LogP contribution in [-0.2, 0) is 6.54 Å². The van der Waals surface area contributed by atoms with Crippen LogP contribution in [0, 0.1) is 0 Å². The average Bonchev–Trinajstić information content (AvgIpc) is 2.98. The Morgan fingerprint density at radius 2 is 1.81 bits per heavy atom. The second-order valence-electron chi connectivity index (χ2n) is 4.44. The molecule has 0 aliphatic carbocycles. The van der Waals surface area contributed by atoms with Crippen LogP contribution in [0.4, 0.5) is 5.69 Å². The summed E-state index contributed by atoms with van der Waals surface area (Å²) in [5, 5.41) is 13.0. The Morgan fingerprint density at radius 3 is 2.57 bits per heavy atom. The molecule has 4 nitrogen and oxygen atoms in total. The summed E-state index contributed by atoms with van der Waals surface area (Å²) in [4.78, 5) is 1.60. The van der Waals surface area contributed by atoms with Gasteiger partial charge in [-0.3, -0.25) is 0 Å². The number of para-hydroxylation sites is 1. The van der Waals surface area contributed by atoms with Crippen LogP contribution in [0.2, 0.25) is 10.0 Å². The number of nitrogens with one attached hydrogen (secondary N) is 1. The molecule has 0 unspecified atom stereocenters. The van der Waals surface area contributed by atoms with Gasteiger partial charge in [0.15, 0.2) is 0 Å². The van der Waals surface area contributed by atoms with E-state index in [1.54, 1.807) is 23.1 Å². The van der Waals surface area contributed by atoms with E-state index in [-0.39, 0.29) is 0 Å². The molecular formula is C15H12Cl2N4. The van der Waals surface area contributed by atoms with E-state index in [1.165, 1.54) is 0 Å². The largest absolute Gasteiger partial charge is 0.379 e. The van der Waals surface area contributed by atoms with Crippen molar-refractivity contribution in [1.82, 2.24) is 15.0 Å². The standard InChI is InChI=1S/C15H12Cl2N4/c16-14-7-6-11(8-15(14)17)18-9-12-10-19-21(20-12)13-4-2-1-3-5-13/h1-8,10,18H,9H2. The fourth-order valence-electron chi connectivity index (χ4n) is 1.86. The van der Waals surface area contributed by atoms with Crippen molar-refractivity contribution < 1.29 is 0 Å². The highest BCUT2D eigenvalue weighted by atomic mass is 35.5. The number of hydrogen-bond acceptors (Lipinski definition) is 3. The number of rotatable bonds is 4. The molecule has 1 N–H and O–H groups in total. The minimum atomic E-state index is 0.523. The molecule has 0 fully saturated rings. The van der Waals surface area contributed by atoms with Gasteiger partial charge < -0.3 is 5.32 Å². The number of halogens is 2. The Kier molecular flexibility index (Phi) is 4.08. The zero-order valence-electron chi connectivity index (χ0n) is 11.0. The third-order valence-corrected chi connectivity index (χ3v) is 3.66. The molecule has 0 saturated heterocycles. The lowest BCUT2D eigenvalue weighted by Crippen LogP contribution is -2.02. The van der Waals surface area contributed by atoms with Gasteiger partial charge in [0.05, 0.1) is 28.5 Å². The maximum Gasteiger partial charge on any atom is 0.102 e. The SMILES string of the molecule is Clc1ccc(NCc2cnn(-c3ccccc3)n2)cc1Cl. The van der Waals surface area contributed by atoms with Crippen molar-refractivity contribution >= 4 is 28.9 Å². The van der Waals surface area contributed by atoms with Crippen LogP contribution >= 0.6 is 23.2 Å². The maximum absolute atomic E-state index is 5.98. The molecule has 1 aromatic heterocycles. The number of hydrogen-bond donors (Lipinski definition) is 1. The van der Waals surface area contributed by atoms with Crippen LogP contribution in [0.15, 0.2) is 54.7 Å². The van der Waals surface area contributed by atoms with Gasteiger partial charge in [0.1, 0.15) is 5.69 Å². The molecule has 0 atom stereocenters. The van der Waals surface area contributed by atoms with Crippen molar-refractivity contribution in [2.45, 2.75) is 6.54 Å². The molecule has 0 bridgehead atoms. The van der Waals surface area contributed by atoms with E-state index in [0.29, 0.717) is 16.6 Å². The van der Waals surface area contributed by atoms with Crippen molar-refractivity contribution in [3.63, 3.8) is 0 Å². The molecule has 3 rings (SSSR count). The molecule has 6 heteroatoms. The fourth-order valence-corrected chi connectivity index (χ4v) is 2.16. The molecule has 0 spiro atoms. The van der Waals surface area contributed by atoms with Crippen molar-refractivity contribution in [2.75, 3.05) is 5.32 Å². The Hall–Kier alpha value is -2.04. The fraction of sp³-hybridized carbons (Fsp3) is 0.0667. The Balaban J connectivity index is 1.69. The van der Waals surface area contributed by atoms with Crippen molar-refractivity contribution in [1.29, 1.82) is 0 Å². The summed E-state index contributed by atoms with van der Waals surface area (Å²) in [7, 11) is 0. The van der Waals surface area contributed by atoms with E-state index < -0.39 is 0 Å². The predicted octanol–water partition coefficient (Wildman–Crippen LogP) is 4.19. The van der Waals surface area contributed by atoms with Crippen LogP contribution in [0.1, 0.15) is 5.69 Å². The second kappa shape index (κ2) is 6.16. The lowest BCUT2D eigenvalue weighted by molar-refractivity contribution is 0.740. The van der Waals surface area contributed by atoms with Gasteiger partial charge in [0.2, 0.25) is 0 Å². The zero-order chi connectivity index (χ0) is 14.7. The summed E-state index contributed by atoms with van der Waals surface area (Å²) in [6.45, 7) is 0.560. The molecule has 0 amide bonds.